The van der Waals surface area contributed by atoms with E-state index in [9.17, 15) is 0 Å². The van der Waals surface area contributed by atoms with Gasteiger partial charge in [-0.25, -0.2) is 4.98 Å². The SMILES string of the molecule is COc1ccc(CCNc2nccc(C#N)c2N)cc1. The Labute approximate surface area is 118 Å². The van der Waals surface area contributed by atoms with Crippen LogP contribution in [0, 0.1) is 11.3 Å². The lowest BCUT2D eigenvalue weighted by Gasteiger charge is -2.09. The Bertz CT molecular complexity index is 617. The maximum atomic E-state index is 8.90. The molecular weight excluding hydrogens is 252 g/mol. The van der Waals surface area contributed by atoms with Gasteiger partial charge < -0.3 is 15.8 Å². The second kappa shape index (κ2) is 6.43. The second-order valence-electron chi connectivity index (χ2n) is 4.26. The summed E-state index contributed by atoms with van der Waals surface area (Å²) in [6, 6.07) is 11.5. The second-order valence-corrected chi connectivity index (χ2v) is 4.26. The van der Waals surface area contributed by atoms with Crippen molar-refractivity contribution >= 4 is 11.5 Å². The first kappa shape index (κ1) is 13.7. The molecule has 1 aromatic heterocycles. The largest absolute Gasteiger partial charge is 0.497 e. The number of rotatable bonds is 5. The topological polar surface area (TPSA) is 84.0 Å². The van der Waals surface area contributed by atoms with Gasteiger partial charge >= 0.3 is 0 Å². The molecule has 0 atom stereocenters. The number of nitriles is 1. The number of nitrogens with one attached hydrogen (secondary N) is 1. The first-order chi connectivity index (χ1) is 9.74. The third kappa shape index (κ3) is 3.18. The summed E-state index contributed by atoms with van der Waals surface area (Å²) in [5, 5.41) is 12.0. The lowest BCUT2D eigenvalue weighted by Crippen LogP contribution is -2.09. The maximum Gasteiger partial charge on any atom is 0.150 e. The van der Waals surface area contributed by atoms with Gasteiger partial charge in [-0.15, -0.1) is 0 Å². The monoisotopic (exact) mass is 268 g/mol. The fourth-order valence-corrected chi connectivity index (χ4v) is 1.83. The number of benzene rings is 1. The van der Waals surface area contributed by atoms with E-state index in [2.05, 4.69) is 10.3 Å². The number of nitrogens with two attached hydrogens (primary N) is 1. The number of nitrogens with zero attached hydrogens (tertiary/aromatic N) is 2. The zero-order chi connectivity index (χ0) is 14.4. The van der Waals surface area contributed by atoms with Gasteiger partial charge in [0.05, 0.1) is 18.4 Å². The molecule has 2 aromatic rings. The van der Waals surface area contributed by atoms with Crippen LogP contribution in [0.1, 0.15) is 11.1 Å². The van der Waals surface area contributed by atoms with Crippen molar-refractivity contribution in [3.05, 3.63) is 47.7 Å². The smallest absolute Gasteiger partial charge is 0.150 e. The molecule has 0 saturated heterocycles. The molecule has 0 aliphatic rings. The highest BCUT2D eigenvalue weighted by Crippen LogP contribution is 2.19. The van der Waals surface area contributed by atoms with E-state index in [1.165, 1.54) is 5.56 Å². The minimum atomic E-state index is 0.393. The van der Waals surface area contributed by atoms with Gasteiger partial charge in [0.1, 0.15) is 11.8 Å². The van der Waals surface area contributed by atoms with E-state index in [1.807, 2.05) is 30.3 Å². The van der Waals surface area contributed by atoms with Gasteiger partial charge in [-0.1, -0.05) is 12.1 Å². The van der Waals surface area contributed by atoms with Crippen LogP contribution in [0.4, 0.5) is 11.5 Å². The Balaban J connectivity index is 1.94. The summed E-state index contributed by atoms with van der Waals surface area (Å²) in [6.07, 6.45) is 2.41. The van der Waals surface area contributed by atoms with Crippen LogP contribution >= 0.6 is 0 Å². The number of aromatic nitrogens is 1. The molecule has 0 aliphatic heterocycles. The number of hydrogen-bond donors (Lipinski definition) is 2. The average molecular weight is 268 g/mol. The molecule has 0 aliphatic carbocycles. The molecule has 0 fully saturated rings. The molecule has 0 amide bonds. The van der Waals surface area contributed by atoms with Crippen molar-refractivity contribution in [1.82, 2.24) is 4.98 Å². The molecule has 3 N–H and O–H groups in total. The average Bonchev–Trinajstić information content (AvgIpc) is 2.49. The van der Waals surface area contributed by atoms with Crippen LogP contribution in [0.3, 0.4) is 0 Å². The van der Waals surface area contributed by atoms with Crippen molar-refractivity contribution in [1.29, 1.82) is 5.26 Å². The van der Waals surface area contributed by atoms with Gasteiger partial charge in [0, 0.05) is 12.7 Å². The Morgan fingerprint density at radius 1 is 1.30 bits per heavy atom. The zero-order valence-corrected chi connectivity index (χ0v) is 11.3. The van der Waals surface area contributed by atoms with Crippen LogP contribution in [0.5, 0.6) is 5.75 Å². The molecule has 0 bridgehead atoms. The number of methoxy groups -OCH3 is 1. The molecule has 1 heterocycles. The van der Waals surface area contributed by atoms with E-state index in [-0.39, 0.29) is 0 Å². The number of anilines is 2. The molecule has 2 rings (SSSR count). The Morgan fingerprint density at radius 2 is 2.05 bits per heavy atom. The summed E-state index contributed by atoms with van der Waals surface area (Å²) < 4.78 is 5.11. The van der Waals surface area contributed by atoms with Gasteiger partial charge in [0.15, 0.2) is 5.82 Å². The van der Waals surface area contributed by atoms with E-state index in [0.717, 1.165) is 12.2 Å². The summed E-state index contributed by atoms with van der Waals surface area (Å²) in [7, 11) is 1.65. The Morgan fingerprint density at radius 3 is 2.70 bits per heavy atom. The summed E-state index contributed by atoms with van der Waals surface area (Å²) >= 11 is 0. The minimum Gasteiger partial charge on any atom is -0.497 e. The van der Waals surface area contributed by atoms with E-state index in [0.29, 0.717) is 23.6 Å². The molecular formula is C15H16N4O. The van der Waals surface area contributed by atoms with Crippen molar-refractivity contribution in [3.8, 4) is 11.8 Å². The molecule has 5 heteroatoms. The van der Waals surface area contributed by atoms with Crippen molar-refractivity contribution in [2.45, 2.75) is 6.42 Å². The van der Waals surface area contributed by atoms with Crippen LogP contribution < -0.4 is 15.8 Å². The van der Waals surface area contributed by atoms with E-state index >= 15 is 0 Å². The molecule has 0 saturated carbocycles. The molecule has 5 nitrogen and oxygen atoms in total. The Kier molecular flexibility index (Phi) is 4.40. The van der Waals surface area contributed by atoms with E-state index in [4.69, 9.17) is 15.7 Å². The highest BCUT2D eigenvalue weighted by molar-refractivity contribution is 5.68. The van der Waals surface area contributed by atoms with E-state index in [1.54, 1.807) is 19.4 Å². The molecule has 102 valence electrons. The van der Waals surface area contributed by atoms with Gasteiger partial charge in [0.25, 0.3) is 0 Å². The molecule has 0 unspecified atom stereocenters. The van der Waals surface area contributed by atoms with Crippen molar-refractivity contribution in [2.24, 2.45) is 0 Å². The van der Waals surface area contributed by atoms with Crippen molar-refractivity contribution in [3.63, 3.8) is 0 Å². The number of nitrogen functional groups attached to an aromatic ring is 1. The van der Waals surface area contributed by atoms with Crippen LogP contribution in [-0.4, -0.2) is 18.6 Å². The first-order valence-electron chi connectivity index (χ1n) is 6.26. The standard InChI is InChI=1S/C15H16N4O/c1-20-13-4-2-11(3-5-13)6-8-18-15-14(17)12(10-16)7-9-19-15/h2-5,7,9H,6,8,17H2,1H3,(H,18,19). The fourth-order valence-electron chi connectivity index (χ4n) is 1.83. The van der Waals surface area contributed by atoms with Crippen molar-refractivity contribution in [2.75, 3.05) is 24.7 Å². The van der Waals surface area contributed by atoms with Gasteiger partial charge in [-0.3, -0.25) is 0 Å². The summed E-state index contributed by atoms with van der Waals surface area (Å²) in [5.41, 5.74) is 7.87. The predicted molar refractivity (Wildman–Crippen MR) is 78.6 cm³/mol. The fraction of sp³-hybridized carbons (Fsp3) is 0.200. The minimum absolute atomic E-state index is 0.393. The van der Waals surface area contributed by atoms with Gasteiger partial charge in [-0.2, -0.15) is 5.26 Å². The Hall–Kier alpha value is -2.74. The molecule has 0 spiro atoms. The lowest BCUT2D eigenvalue weighted by atomic mass is 10.1. The summed E-state index contributed by atoms with van der Waals surface area (Å²) in [6.45, 7) is 0.693. The third-order valence-corrected chi connectivity index (χ3v) is 2.98. The zero-order valence-electron chi connectivity index (χ0n) is 11.3. The number of pyridine rings is 1. The molecule has 0 radical (unpaired) electrons. The predicted octanol–water partition coefficient (Wildman–Crippen LogP) is 2.20. The maximum absolute atomic E-state index is 8.90. The van der Waals surface area contributed by atoms with Gasteiger partial charge in [-0.05, 0) is 30.2 Å². The number of ether oxygens (including phenoxy) is 1. The summed E-state index contributed by atoms with van der Waals surface area (Å²) in [4.78, 5) is 4.14. The highest BCUT2D eigenvalue weighted by atomic mass is 16.5. The third-order valence-electron chi connectivity index (χ3n) is 2.98. The number of hydrogen-bond acceptors (Lipinski definition) is 5. The normalized spacial score (nSPS) is 9.80. The van der Waals surface area contributed by atoms with E-state index < -0.39 is 0 Å². The highest BCUT2D eigenvalue weighted by Gasteiger charge is 2.05. The molecule has 1 aromatic carbocycles. The summed E-state index contributed by atoms with van der Waals surface area (Å²) in [5.74, 6) is 1.40. The molecule has 20 heavy (non-hydrogen) atoms. The van der Waals surface area contributed by atoms with Crippen LogP contribution in [0.25, 0.3) is 0 Å². The van der Waals surface area contributed by atoms with Crippen LogP contribution in [-0.2, 0) is 6.42 Å². The van der Waals surface area contributed by atoms with Crippen LogP contribution in [0.15, 0.2) is 36.5 Å². The quantitative estimate of drug-likeness (QED) is 0.868. The first-order valence-corrected chi connectivity index (χ1v) is 6.26. The van der Waals surface area contributed by atoms with Gasteiger partial charge in [0.2, 0.25) is 0 Å². The van der Waals surface area contributed by atoms with Crippen LogP contribution in [0.2, 0.25) is 0 Å². The van der Waals surface area contributed by atoms with Crippen molar-refractivity contribution < 1.29 is 4.74 Å². The lowest BCUT2D eigenvalue weighted by molar-refractivity contribution is 0.414.